The van der Waals surface area contributed by atoms with Gasteiger partial charge in [-0.2, -0.15) is 0 Å². The van der Waals surface area contributed by atoms with E-state index < -0.39 is 0 Å². The molecule has 88 valence electrons. The lowest BCUT2D eigenvalue weighted by molar-refractivity contribution is 1.12. The topological polar surface area (TPSA) is 37.8 Å². The number of halogens is 2. The average molecular weight is 357 g/mol. The molecule has 1 N–H and O–H groups in total. The molecule has 3 nitrogen and oxygen atoms in total. The molecule has 17 heavy (non-hydrogen) atoms. The molecule has 0 aliphatic rings. The molecule has 0 aliphatic carbocycles. The molecular formula is C12H11Br2N3. The Morgan fingerprint density at radius 1 is 1.18 bits per heavy atom. The second kappa shape index (κ2) is 5.60. The zero-order valence-corrected chi connectivity index (χ0v) is 12.4. The van der Waals surface area contributed by atoms with Crippen molar-refractivity contribution in [2.24, 2.45) is 0 Å². The molecule has 0 aliphatic heterocycles. The number of anilines is 1. The molecule has 0 saturated carbocycles. The van der Waals surface area contributed by atoms with Gasteiger partial charge in [-0.15, -0.1) is 0 Å². The van der Waals surface area contributed by atoms with Crippen LogP contribution in [0.1, 0.15) is 6.92 Å². The summed E-state index contributed by atoms with van der Waals surface area (Å²) in [7, 11) is 0. The number of nitrogens with zero attached hydrogens (tertiary/aromatic N) is 2. The number of aromatic nitrogens is 2. The molecule has 0 radical (unpaired) electrons. The molecule has 1 heterocycles. The Bertz CT molecular complexity index is 529. The largest absolute Gasteiger partial charge is 0.370 e. The molecule has 0 bridgehead atoms. The van der Waals surface area contributed by atoms with Gasteiger partial charge in [-0.05, 0) is 63.0 Å². The van der Waals surface area contributed by atoms with Crippen LogP contribution in [0.15, 0.2) is 39.4 Å². The molecule has 1 aromatic carbocycles. The van der Waals surface area contributed by atoms with E-state index >= 15 is 0 Å². The zero-order chi connectivity index (χ0) is 12.3. The first-order valence-electron chi connectivity index (χ1n) is 5.23. The molecule has 0 spiro atoms. The van der Waals surface area contributed by atoms with E-state index in [1.54, 1.807) is 6.20 Å². The molecule has 0 amide bonds. The van der Waals surface area contributed by atoms with Crippen molar-refractivity contribution in [1.82, 2.24) is 9.97 Å². The van der Waals surface area contributed by atoms with Gasteiger partial charge in [0.2, 0.25) is 0 Å². The highest BCUT2D eigenvalue weighted by Gasteiger charge is 2.04. The summed E-state index contributed by atoms with van der Waals surface area (Å²) >= 11 is 6.92. The monoisotopic (exact) mass is 355 g/mol. The lowest BCUT2D eigenvalue weighted by atomic mass is 10.2. The molecule has 2 aromatic rings. The van der Waals surface area contributed by atoms with Crippen LogP contribution in [-0.2, 0) is 0 Å². The van der Waals surface area contributed by atoms with E-state index in [9.17, 15) is 0 Å². The van der Waals surface area contributed by atoms with E-state index in [-0.39, 0.29) is 0 Å². The smallest absolute Gasteiger partial charge is 0.161 e. The Hall–Kier alpha value is -0.940. The molecule has 5 heteroatoms. The van der Waals surface area contributed by atoms with Crippen LogP contribution < -0.4 is 5.32 Å². The van der Waals surface area contributed by atoms with Crippen molar-refractivity contribution in [3.05, 3.63) is 39.4 Å². The van der Waals surface area contributed by atoms with E-state index in [1.807, 2.05) is 31.2 Å². The molecule has 0 atom stereocenters. The summed E-state index contributed by atoms with van der Waals surface area (Å²) in [5.74, 6) is 1.56. The maximum atomic E-state index is 4.45. The maximum absolute atomic E-state index is 4.45. The summed E-state index contributed by atoms with van der Waals surface area (Å²) in [6.07, 6.45) is 1.76. The standard InChI is InChI=1S/C12H11Br2N3/c1-2-15-11-5-6-16-12(17-11)8-3-4-9(13)10(14)7-8/h3-7H,2H2,1H3,(H,15,16,17). The Balaban J connectivity index is 2.38. The minimum absolute atomic E-state index is 0.719. The predicted molar refractivity (Wildman–Crippen MR) is 77.0 cm³/mol. The van der Waals surface area contributed by atoms with Crippen LogP contribution in [0.3, 0.4) is 0 Å². The van der Waals surface area contributed by atoms with Crippen LogP contribution in [0.5, 0.6) is 0 Å². The normalized spacial score (nSPS) is 10.3. The minimum atomic E-state index is 0.719. The van der Waals surface area contributed by atoms with Crippen LogP contribution in [0.2, 0.25) is 0 Å². The Kier molecular flexibility index (Phi) is 4.12. The molecule has 0 saturated heterocycles. The minimum Gasteiger partial charge on any atom is -0.370 e. The fourth-order valence-corrected chi connectivity index (χ4v) is 2.04. The van der Waals surface area contributed by atoms with Crippen LogP contribution in [0.25, 0.3) is 11.4 Å². The van der Waals surface area contributed by atoms with Crippen molar-refractivity contribution < 1.29 is 0 Å². The highest BCUT2D eigenvalue weighted by Crippen LogP contribution is 2.27. The van der Waals surface area contributed by atoms with E-state index in [1.165, 1.54) is 0 Å². The lowest BCUT2D eigenvalue weighted by Crippen LogP contribution is -2.00. The fourth-order valence-electron chi connectivity index (χ4n) is 1.41. The van der Waals surface area contributed by atoms with Gasteiger partial charge in [0.15, 0.2) is 5.82 Å². The van der Waals surface area contributed by atoms with Crippen molar-refractivity contribution in [1.29, 1.82) is 0 Å². The second-order valence-electron chi connectivity index (χ2n) is 3.42. The third-order valence-electron chi connectivity index (χ3n) is 2.19. The van der Waals surface area contributed by atoms with Gasteiger partial charge >= 0.3 is 0 Å². The third kappa shape index (κ3) is 3.04. The van der Waals surface area contributed by atoms with E-state index in [0.29, 0.717) is 0 Å². The summed E-state index contributed by atoms with van der Waals surface area (Å²) in [4.78, 5) is 8.72. The van der Waals surface area contributed by atoms with Crippen molar-refractivity contribution in [3.63, 3.8) is 0 Å². The summed E-state index contributed by atoms with van der Waals surface area (Å²) in [5.41, 5.74) is 0.986. The summed E-state index contributed by atoms with van der Waals surface area (Å²) in [6.45, 7) is 2.89. The molecule has 0 fully saturated rings. The number of rotatable bonds is 3. The van der Waals surface area contributed by atoms with Crippen molar-refractivity contribution in [2.45, 2.75) is 6.92 Å². The van der Waals surface area contributed by atoms with Crippen molar-refractivity contribution in [2.75, 3.05) is 11.9 Å². The first kappa shape index (κ1) is 12.5. The summed E-state index contributed by atoms with van der Waals surface area (Å²) < 4.78 is 2.01. The number of hydrogen-bond donors (Lipinski definition) is 1. The SMILES string of the molecule is CCNc1ccnc(-c2ccc(Br)c(Br)c2)n1. The first-order valence-corrected chi connectivity index (χ1v) is 6.81. The maximum Gasteiger partial charge on any atom is 0.161 e. The Morgan fingerprint density at radius 3 is 2.71 bits per heavy atom. The van der Waals surface area contributed by atoms with Gasteiger partial charge in [-0.1, -0.05) is 0 Å². The molecule has 0 unspecified atom stereocenters. The fraction of sp³-hybridized carbons (Fsp3) is 0.167. The highest BCUT2D eigenvalue weighted by atomic mass is 79.9. The molecule has 1 aromatic heterocycles. The van der Waals surface area contributed by atoms with Gasteiger partial charge in [-0.25, -0.2) is 9.97 Å². The van der Waals surface area contributed by atoms with Crippen LogP contribution >= 0.6 is 31.9 Å². The highest BCUT2D eigenvalue weighted by molar-refractivity contribution is 9.13. The van der Waals surface area contributed by atoms with Gasteiger partial charge in [0.05, 0.1) is 0 Å². The van der Waals surface area contributed by atoms with Gasteiger partial charge in [0.25, 0.3) is 0 Å². The third-order valence-corrected chi connectivity index (χ3v) is 4.07. The van der Waals surface area contributed by atoms with Crippen LogP contribution in [0, 0.1) is 0 Å². The summed E-state index contributed by atoms with van der Waals surface area (Å²) in [5, 5.41) is 3.17. The van der Waals surface area contributed by atoms with Crippen molar-refractivity contribution >= 4 is 37.7 Å². The number of benzene rings is 1. The quantitative estimate of drug-likeness (QED) is 0.899. The molecular weight excluding hydrogens is 346 g/mol. The predicted octanol–water partition coefficient (Wildman–Crippen LogP) is 4.10. The van der Waals surface area contributed by atoms with Crippen LogP contribution in [-0.4, -0.2) is 16.5 Å². The van der Waals surface area contributed by atoms with Crippen LogP contribution in [0.4, 0.5) is 5.82 Å². The number of hydrogen-bond acceptors (Lipinski definition) is 3. The van der Waals surface area contributed by atoms with E-state index in [2.05, 4.69) is 47.1 Å². The van der Waals surface area contributed by atoms with Gasteiger partial charge in [0, 0.05) is 27.3 Å². The van der Waals surface area contributed by atoms with Gasteiger partial charge in [-0.3, -0.25) is 0 Å². The first-order chi connectivity index (χ1) is 8.20. The van der Waals surface area contributed by atoms with Gasteiger partial charge < -0.3 is 5.32 Å². The van der Waals surface area contributed by atoms with E-state index in [4.69, 9.17) is 0 Å². The number of nitrogens with one attached hydrogen (secondary N) is 1. The Labute approximate surface area is 117 Å². The Morgan fingerprint density at radius 2 is 2.00 bits per heavy atom. The van der Waals surface area contributed by atoms with Gasteiger partial charge in [0.1, 0.15) is 5.82 Å². The zero-order valence-electron chi connectivity index (χ0n) is 9.24. The van der Waals surface area contributed by atoms with Crippen molar-refractivity contribution in [3.8, 4) is 11.4 Å². The second-order valence-corrected chi connectivity index (χ2v) is 5.13. The van der Waals surface area contributed by atoms with E-state index in [0.717, 1.165) is 32.7 Å². The summed E-state index contributed by atoms with van der Waals surface area (Å²) in [6, 6.07) is 7.82. The molecule has 2 rings (SSSR count). The average Bonchev–Trinajstić information content (AvgIpc) is 2.33. The lowest BCUT2D eigenvalue weighted by Gasteiger charge is -2.05.